The van der Waals surface area contributed by atoms with Crippen molar-refractivity contribution in [3.05, 3.63) is 34.9 Å². The van der Waals surface area contributed by atoms with E-state index in [1.807, 2.05) is 0 Å². The summed E-state index contributed by atoms with van der Waals surface area (Å²) in [6.07, 6.45) is 1.11. The number of benzene rings is 1. The van der Waals surface area contributed by atoms with Crippen molar-refractivity contribution in [3.8, 4) is 0 Å². The van der Waals surface area contributed by atoms with Gasteiger partial charge in [0, 0.05) is 5.75 Å². The quantitative estimate of drug-likeness (QED) is 0.642. The van der Waals surface area contributed by atoms with E-state index in [1.54, 1.807) is 0 Å². The van der Waals surface area contributed by atoms with Gasteiger partial charge >= 0.3 is 0 Å². The van der Waals surface area contributed by atoms with Gasteiger partial charge in [0.2, 0.25) is 0 Å². The lowest BCUT2D eigenvalue weighted by Crippen LogP contribution is -1.87. The van der Waals surface area contributed by atoms with Crippen LogP contribution in [0.1, 0.15) is 23.6 Å². The first-order valence-electron chi connectivity index (χ1n) is 3.97. The van der Waals surface area contributed by atoms with Crippen LogP contribution in [0.25, 0.3) is 0 Å². The zero-order chi connectivity index (χ0) is 8.27. The molecule has 0 fully saturated rings. The second-order valence-corrected chi connectivity index (χ2v) is 3.09. The maximum atomic E-state index is 4.27. The summed E-state index contributed by atoms with van der Waals surface area (Å²) in [6, 6.07) is 6.59. The molecule has 0 aliphatic heterocycles. The summed E-state index contributed by atoms with van der Waals surface area (Å²) in [5.41, 5.74) is 4.10. The molecule has 0 amide bonds. The van der Waals surface area contributed by atoms with Crippen LogP contribution in [-0.2, 0) is 12.2 Å². The van der Waals surface area contributed by atoms with Crippen LogP contribution in [0.2, 0.25) is 0 Å². The molecule has 0 saturated carbocycles. The Morgan fingerprint density at radius 1 is 1.36 bits per heavy atom. The Morgan fingerprint density at radius 2 is 2.09 bits per heavy atom. The van der Waals surface area contributed by atoms with Crippen molar-refractivity contribution in [2.45, 2.75) is 26.0 Å². The molecule has 0 heterocycles. The maximum absolute atomic E-state index is 4.27. The van der Waals surface area contributed by atoms with E-state index in [4.69, 9.17) is 0 Å². The van der Waals surface area contributed by atoms with Gasteiger partial charge in [-0.05, 0) is 30.0 Å². The monoisotopic (exact) mass is 166 g/mol. The third kappa shape index (κ3) is 2.00. The highest BCUT2D eigenvalue weighted by molar-refractivity contribution is 7.79. The van der Waals surface area contributed by atoms with Gasteiger partial charge in [-0.3, -0.25) is 0 Å². The van der Waals surface area contributed by atoms with Crippen LogP contribution < -0.4 is 0 Å². The minimum absolute atomic E-state index is 0.847. The molecule has 0 radical (unpaired) electrons. The van der Waals surface area contributed by atoms with Crippen molar-refractivity contribution in [2.75, 3.05) is 0 Å². The maximum Gasteiger partial charge on any atom is 0.0156 e. The van der Waals surface area contributed by atoms with Crippen molar-refractivity contribution >= 4 is 12.6 Å². The van der Waals surface area contributed by atoms with E-state index in [-0.39, 0.29) is 0 Å². The Morgan fingerprint density at radius 3 is 2.64 bits per heavy atom. The van der Waals surface area contributed by atoms with Gasteiger partial charge < -0.3 is 0 Å². The molecule has 0 aromatic heterocycles. The van der Waals surface area contributed by atoms with Crippen LogP contribution in [0.15, 0.2) is 18.2 Å². The van der Waals surface area contributed by atoms with E-state index < -0.39 is 0 Å². The average Bonchev–Trinajstić information content (AvgIpc) is 2.05. The van der Waals surface area contributed by atoms with E-state index in [2.05, 4.69) is 44.7 Å². The molecule has 0 unspecified atom stereocenters. The molecule has 0 spiro atoms. The molecule has 60 valence electrons. The summed E-state index contributed by atoms with van der Waals surface area (Å²) in [6.45, 7) is 4.30. The molecular weight excluding hydrogens is 152 g/mol. The molecule has 0 atom stereocenters. The molecule has 0 aliphatic carbocycles. The van der Waals surface area contributed by atoms with Gasteiger partial charge in [0.15, 0.2) is 0 Å². The molecule has 11 heavy (non-hydrogen) atoms. The van der Waals surface area contributed by atoms with Crippen LogP contribution in [-0.4, -0.2) is 0 Å². The van der Waals surface area contributed by atoms with Gasteiger partial charge in [-0.15, -0.1) is 0 Å². The molecule has 0 aliphatic rings. The summed E-state index contributed by atoms with van der Waals surface area (Å²) in [7, 11) is 0. The average molecular weight is 166 g/mol. The zero-order valence-corrected chi connectivity index (χ0v) is 7.99. The first kappa shape index (κ1) is 8.66. The second kappa shape index (κ2) is 3.82. The topological polar surface area (TPSA) is 0 Å². The van der Waals surface area contributed by atoms with Crippen molar-refractivity contribution in [2.24, 2.45) is 0 Å². The fourth-order valence-electron chi connectivity index (χ4n) is 1.12. The molecule has 0 nitrogen and oxygen atoms in total. The van der Waals surface area contributed by atoms with Crippen molar-refractivity contribution in [3.63, 3.8) is 0 Å². The van der Waals surface area contributed by atoms with Crippen LogP contribution in [0.4, 0.5) is 0 Å². The number of hydrogen-bond donors (Lipinski definition) is 1. The summed E-state index contributed by atoms with van der Waals surface area (Å²) < 4.78 is 0. The molecule has 1 heteroatoms. The van der Waals surface area contributed by atoms with E-state index >= 15 is 0 Å². The third-order valence-corrected chi connectivity index (χ3v) is 2.33. The van der Waals surface area contributed by atoms with E-state index in [1.165, 1.54) is 16.7 Å². The molecule has 0 saturated heterocycles. The predicted molar refractivity (Wildman–Crippen MR) is 53.2 cm³/mol. The summed E-state index contributed by atoms with van der Waals surface area (Å²) in [5, 5.41) is 0. The predicted octanol–water partition coefficient (Wildman–Crippen LogP) is 2.99. The highest BCUT2D eigenvalue weighted by Crippen LogP contribution is 2.13. The minimum Gasteiger partial charge on any atom is -0.175 e. The Kier molecular flexibility index (Phi) is 3.01. The third-order valence-electron chi connectivity index (χ3n) is 1.99. The van der Waals surface area contributed by atoms with Crippen molar-refractivity contribution < 1.29 is 0 Å². The number of rotatable bonds is 2. The lowest BCUT2D eigenvalue weighted by Gasteiger charge is -2.03. The second-order valence-electron chi connectivity index (χ2n) is 2.77. The Hall–Kier alpha value is -0.430. The van der Waals surface area contributed by atoms with E-state index in [0.29, 0.717) is 0 Å². The zero-order valence-electron chi connectivity index (χ0n) is 7.09. The van der Waals surface area contributed by atoms with Gasteiger partial charge in [-0.1, -0.05) is 25.1 Å². The fourth-order valence-corrected chi connectivity index (χ4v) is 1.46. The highest BCUT2D eigenvalue weighted by atomic mass is 32.1. The van der Waals surface area contributed by atoms with Gasteiger partial charge in [-0.2, -0.15) is 12.6 Å². The summed E-state index contributed by atoms with van der Waals surface area (Å²) >= 11 is 4.27. The smallest absolute Gasteiger partial charge is 0.0156 e. The first-order chi connectivity index (χ1) is 5.27. The molecular formula is C10H14S. The van der Waals surface area contributed by atoms with Gasteiger partial charge in [0.25, 0.3) is 0 Å². The summed E-state index contributed by atoms with van der Waals surface area (Å²) in [5.74, 6) is 0.847. The minimum atomic E-state index is 0.847. The van der Waals surface area contributed by atoms with E-state index in [9.17, 15) is 0 Å². The molecule has 1 aromatic carbocycles. The normalized spacial score (nSPS) is 10.1. The molecule has 0 N–H and O–H groups in total. The Bertz CT molecular complexity index is 241. The number of thiol groups is 1. The Labute approximate surface area is 74.0 Å². The lowest BCUT2D eigenvalue weighted by molar-refractivity contribution is 1.12. The lowest BCUT2D eigenvalue weighted by atomic mass is 10.1. The van der Waals surface area contributed by atoms with Crippen LogP contribution in [0, 0.1) is 6.92 Å². The number of hydrogen-bond acceptors (Lipinski definition) is 1. The van der Waals surface area contributed by atoms with Gasteiger partial charge in [-0.25, -0.2) is 0 Å². The van der Waals surface area contributed by atoms with Gasteiger partial charge in [0.05, 0.1) is 0 Å². The van der Waals surface area contributed by atoms with Crippen LogP contribution in [0.5, 0.6) is 0 Å². The van der Waals surface area contributed by atoms with Crippen molar-refractivity contribution in [1.82, 2.24) is 0 Å². The molecule has 1 aromatic rings. The van der Waals surface area contributed by atoms with Crippen LogP contribution in [0.3, 0.4) is 0 Å². The summed E-state index contributed by atoms with van der Waals surface area (Å²) in [4.78, 5) is 0. The van der Waals surface area contributed by atoms with Crippen molar-refractivity contribution in [1.29, 1.82) is 0 Å². The molecule has 0 bridgehead atoms. The first-order valence-corrected chi connectivity index (χ1v) is 4.60. The Balaban J connectivity index is 3.02. The fraction of sp³-hybridized carbons (Fsp3) is 0.400. The highest BCUT2D eigenvalue weighted by Gasteiger charge is 1.96. The largest absolute Gasteiger partial charge is 0.175 e. The van der Waals surface area contributed by atoms with Crippen LogP contribution >= 0.6 is 12.6 Å². The molecule has 1 rings (SSSR count). The number of aryl methyl sites for hydroxylation is 2. The SMILES string of the molecule is CCc1ccc(C)c(CS)c1. The van der Waals surface area contributed by atoms with Gasteiger partial charge in [0.1, 0.15) is 0 Å². The van der Waals surface area contributed by atoms with E-state index in [0.717, 1.165) is 12.2 Å². The standard InChI is InChI=1S/C10H14S/c1-3-9-5-4-8(2)10(6-9)7-11/h4-6,11H,3,7H2,1-2H3.